The minimum absolute atomic E-state index is 0.103. The van der Waals surface area contributed by atoms with Crippen molar-refractivity contribution in [2.75, 3.05) is 19.8 Å². The molecular formula is C29H28BrNO6S. The molecule has 198 valence electrons. The van der Waals surface area contributed by atoms with Gasteiger partial charge in [-0.2, -0.15) is 0 Å². The van der Waals surface area contributed by atoms with Crippen LogP contribution in [-0.2, 0) is 27.2 Å². The predicted octanol–water partition coefficient (Wildman–Crippen LogP) is 5.65. The fourth-order valence-corrected chi connectivity index (χ4v) is 5.48. The van der Waals surface area contributed by atoms with E-state index in [2.05, 4.69) is 15.9 Å². The number of thiazole rings is 1. The average molecular weight is 599 g/mol. The van der Waals surface area contributed by atoms with Crippen LogP contribution in [0.1, 0.15) is 35.3 Å². The van der Waals surface area contributed by atoms with Crippen molar-refractivity contribution in [2.24, 2.45) is 0 Å². The number of esters is 1. The molecule has 0 spiro atoms. The second kappa shape index (κ2) is 13.0. The van der Waals surface area contributed by atoms with Gasteiger partial charge in [0.1, 0.15) is 12.4 Å². The lowest BCUT2D eigenvalue weighted by molar-refractivity contribution is -0.156. The highest BCUT2D eigenvalue weighted by Crippen LogP contribution is 2.24. The van der Waals surface area contributed by atoms with Gasteiger partial charge in [0.25, 0.3) is 0 Å². The van der Waals surface area contributed by atoms with Gasteiger partial charge in [0, 0.05) is 28.6 Å². The van der Waals surface area contributed by atoms with Gasteiger partial charge in [0.15, 0.2) is 11.9 Å². The number of hydrogen-bond acceptors (Lipinski definition) is 7. The topological polar surface area (TPSA) is 83.8 Å². The van der Waals surface area contributed by atoms with Crippen molar-refractivity contribution in [1.29, 1.82) is 0 Å². The largest absolute Gasteiger partial charge is 0.492 e. The number of benzene rings is 3. The standard InChI is InChI=1S/C29H28BrNO6S/c1-3-35-25(28(33)36-4-2)17-19-9-12-21(13-10-19)37-16-15-31-24-14-11-20(18-26(24)38-29(31)34)27(32)22-7-5-6-8-23(22)30/h5-14,18,25H,3-4,15-17H2,1-2H3. The van der Waals surface area contributed by atoms with E-state index in [9.17, 15) is 14.4 Å². The second-order valence-electron chi connectivity index (χ2n) is 8.40. The van der Waals surface area contributed by atoms with Crippen LogP contribution in [0.2, 0.25) is 0 Å². The normalized spacial score (nSPS) is 11.9. The summed E-state index contributed by atoms with van der Waals surface area (Å²) in [4.78, 5) is 37.6. The lowest BCUT2D eigenvalue weighted by Gasteiger charge is -2.16. The lowest BCUT2D eigenvalue weighted by atomic mass is 10.0. The van der Waals surface area contributed by atoms with Crippen LogP contribution in [0.3, 0.4) is 0 Å². The van der Waals surface area contributed by atoms with Gasteiger partial charge in [-0.1, -0.05) is 51.5 Å². The van der Waals surface area contributed by atoms with Gasteiger partial charge in [-0.05, 0) is 61.9 Å². The van der Waals surface area contributed by atoms with Crippen LogP contribution < -0.4 is 9.61 Å². The molecule has 4 rings (SSSR count). The zero-order valence-electron chi connectivity index (χ0n) is 21.1. The smallest absolute Gasteiger partial charge is 0.335 e. The van der Waals surface area contributed by atoms with Crippen molar-refractivity contribution >= 4 is 49.2 Å². The summed E-state index contributed by atoms with van der Waals surface area (Å²) >= 11 is 4.54. The van der Waals surface area contributed by atoms with Crippen molar-refractivity contribution in [2.45, 2.75) is 32.9 Å². The molecule has 1 unspecified atom stereocenters. The number of ether oxygens (including phenoxy) is 3. The van der Waals surface area contributed by atoms with Crippen LogP contribution in [0.5, 0.6) is 5.75 Å². The summed E-state index contributed by atoms with van der Waals surface area (Å²) in [5.74, 6) is 0.188. The molecule has 9 heteroatoms. The molecule has 7 nitrogen and oxygen atoms in total. The third kappa shape index (κ3) is 6.59. The number of nitrogens with zero attached hydrogens (tertiary/aromatic N) is 1. The number of carbonyl (C=O) groups excluding carboxylic acids is 2. The van der Waals surface area contributed by atoms with Crippen molar-refractivity contribution in [1.82, 2.24) is 4.57 Å². The molecule has 4 aromatic rings. The van der Waals surface area contributed by atoms with Crippen LogP contribution in [-0.4, -0.2) is 42.2 Å². The van der Waals surface area contributed by atoms with Crippen LogP contribution in [0.25, 0.3) is 10.2 Å². The molecule has 1 aromatic heterocycles. The van der Waals surface area contributed by atoms with Crippen LogP contribution in [0.15, 0.2) is 76.0 Å². The first-order chi connectivity index (χ1) is 18.4. The van der Waals surface area contributed by atoms with Gasteiger partial charge in [-0.3, -0.25) is 14.2 Å². The third-order valence-corrected chi connectivity index (χ3v) is 7.53. The lowest BCUT2D eigenvalue weighted by Crippen LogP contribution is -2.28. The maximum Gasteiger partial charge on any atom is 0.335 e. The molecule has 38 heavy (non-hydrogen) atoms. The average Bonchev–Trinajstić information content (AvgIpc) is 3.23. The molecule has 0 fully saturated rings. The Morgan fingerprint density at radius 3 is 2.47 bits per heavy atom. The molecule has 0 bridgehead atoms. The molecule has 0 aliphatic rings. The highest BCUT2D eigenvalue weighted by Gasteiger charge is 2.20. The Bertz CT molecular complexity index is 1480. The summed E-state index contributed by atoms with van der Waals surface area (Å²) in [6.07, 6.45) is -0.231. The fraction of sp³-hybridized carbons (Fsp3) is 0.276. The molecule has 0 radical (unpaired) electrons. The second-order valence-corrected chi connectivity index (χ2v) is 10.3. The molecule has 0 saturated heterocycles. The summed E-state index contributed by atoms with van der Waals surface area (Å²) in [5.41, 5.74) is 2.80. The Balaban J connectivity index is 1.39. The van der Waals surface area contributed by atoms with Gasteiger partial charge in [-0.25, -0.2) is 4.79 Å². The van der Waals surface area contributed by atoms with E-state index >= 15 is 0 Å². The quantitative estimate of drug-likeness (QED) is 0.155. The van der Waals surface area contributed by atoms with Gasteiger partial charge in [0.05, 0.1) is 23.4 Å². The molecule has 1 atom stereocenters. The van der Waals surface area contributed by atoms with Gasteiger partial charge in [0.2, 0.25) is 0 Å². The minimum atomic E-state index is -0.643. The molecule has 3 aromatic carbocycles. The fourth-order valence-electron chi connectivity index (χ4n) is 4.06. The number of carbonyl (C=O) groups is 2. The first-order valence-electron chi connectivity index (χ1n) is 12.3. The SMILES string of the molecule is CCOC(=O)C(Cc1ccc(OCCn2c(=O)sc3cc(C(=O)c4ccccc4Br)ccc32)cc1)OCC. The van der Waals surface area contributed by atoms with Crippen molar-refractivity contribution in [3.8, 4) is 5.75 Å². The summed E-state index contributed by atoms with van der Waals surface area (Å²) in [6, 6.07) is 20.0. The van der Waals surface area contributed by atoms with E-state index < -0.39 is 6.10 Å². The first-order valence-corrected chi connectivity index (χ1v) is 13.9. The Morgan fingerprint density at radius 1 is 1.00 bits per heavy atom. The van der Waals surface area contributed by atoms with Crippen molar-refractivity contribution in [3.63, 3.8) is 0 Å². The summed E-state index contributed by atoms with van der Waals surface area (Å²) in [6.45, 7) is 5.00. The monoisotopic (exact) mass is 597 g/mol. The third-order valence-electron chi connectivity index (χ3n) is 5.89. The maximum atomic E-state index is 12.9. The molecule has 0 N–H and O–H groups in total. The van der Waals surface area contributed by atoms with Crippen LogP contribution in [0.4, 0.5) is 0 Å². The van der Waals surface area contributed by atoms with Crippen LogP contribution >= 0.6 is 27.3 Å². The van der Waals surface area contributed by atoms with Crippen LogP contribution in [0, 0.1) is 0 Å². The van der Waals surface area contributed by atoms with E-state index in [4.69, 9.17) is 14.2 Å². The Kier molecular flexibility index (Phi) is 9.49. The number of hydrogen-bond donors (Lipinski definition) is 0. The number of ketones is 1. The van der Waals surface area contributed by atoms with E-state index in [1.54, 1.807) is 29.7 Å². The Hall–Kier alpha value is -3.27. The molecule has 0 amide bonds. The number of aromatic nitrogens is 1. The van der Waals surface area contributed by atoms with E-state index in [0.29, 0.717) is 49.7 Å². The molecule has 0 aliphatic carbocycles. The predicted molar refractivity (Wildman–Crippen MR) is 151 cm³/mol. The van der Waals surface area contributed by atoms with Crippen molar-refractivity contribution in [3.05, 3.63) is 97.6 Å². The maximum absolute atomic E-state index is 12.9. The van der Waals surface area contributed by atoms with Gasteiger partial charge in [-0.15, -0.1) is 0 Å². The summed E-state index contributed by atoms with van der Waals surface area (Å²) in [7, 11) is 0. The van der Waals surface area contributed by atoms with E-state index in [1.807, 2.05) is 55.5 Å². The van der Waals surface area contributed by atoms with E-state index in [0.717, 1.165) is 31.6 Å². The zero-order chi connectivity index (χ0) is 27.1. The highest BCUT2D eigenvalue weighted by atomic mass is 79.9. The number of rotatable bonds is 12. The molecule has 1 heterocycles. The Morgan fingerprint density at radius 2 is 1.76 bits per heavy atom. The number of fused-ring (bicyclic) bond motifs is 1. The molecule has 0 aliphatic heterocycles. The Labute approximate surface area is 233 Å². The van der Waals surface area contributed by atoms with Gasteiger partial charge < -0.3 is 14.2 Å². The van der Waals surface area contributed by atoms with E-state index in [-0.39, 0.29) is 16.6 Å². The van der Waals surface area contributed by atoms with Crippen molar-refractivity contribution < 1.29 is 23.8 Å². The highest BCUT2D eigenvalue weighted by molar-refractivity contribution is 9.10. The summed E-state index contributed by atoms with van der Waals surface area (Å²) in [5, 5.41) is 0. The molecular weight excluding hydrogens is 570 g/mol. The van der Waals surface area contributed by atoms with Gasteiger partial charge >= 0.3 is 10.8 Å². The van der Waals surface area contributed by atoms with E-state index in [1.165, 1.54) is 0 Å². The molecule has 0 saturated carbocycles. The minimum Gasteiger partial charge on any atom is -0.492 e. The summed E-state index contributed by atoms with van der Waals surface area (Å²) < 4.78 is 19.6. The zero-order valence-corrected chi connectivity index (χ0v) is 23.5. The number of halogens is 1. The first kappa shape index (κ1) is 27.8.